The summed E-state index contributed by atoms with van der Waals surface area (Å²) in [6.07, 6.45) is 1.13. The molecule has 1 fully saturated rings. The first-order valence-corrected chi connectivity index (χ1v) is 10.1. The van der Waals surface area contributed by atoms with Crippen LogP contribution in [-0.4, -0.2) is 64.4 Å². The molecule has 1 aliphatic rings. The second-order valence-electron chi connectivity index (χ2n) is 7.19. The fourth-order valence-corrected chi connectivity index (χ4v) is 3.35. The third-order valence-electron chi connectivity index (χ3n) is 4.97. The van der Waals surface area contributed by atoms with Crippen molar-refractivity contribution >= 4 is 11.8 Å². The van der Waals surface area contributed by atoms with Crippen LogP contribution in [-0.2, 0) is 4.79 Å². The molecule has 0 aromatic heterocycles. The minimum Gasteiger partial charge on any atom is -0.504 e. The highest BCUT2D eigenvalue weighted by atomic mass is 16.5. The summed E-state index contributed by atoms with van der Waals surface area (Å²) in [7, 11) is 0. The van der Waals surface area contributed by atoms with Gasteiger partial charge in [0.05, 0.1) is 6.61 Å². The molecule has 166 valence electrons. The van der Waals surface area contributed by atoms with Crippen LogP contribution in [0.3, 0.4) is 0 Å². The van der Waals surface area contributed by atoms with Gasteiger partial charge in [-0.05, 0) is 56.2 Å². The predicted molar refractivity (Wildman–Crippen MR) is 112 cm³/mol. The monoisotopic (exact) mass is 430 g/mol. The molecule has 2 amide bonds. The number of nitrogens with one attached hydrogen (secondary N) is 1. The summed E-state index contributed by atoms with van der Waals surface area (Å²) in [5.41, 5.74) is 0.0824. The molecule has 1 heterocycles. The topological polar surface area (TPSA) is 129 Å². The van der Waals surface area contributed by atoms with Gasteiger partial charge in [0.15, 0.2) is 23.9 Å². The van der Waals surface area contributed by atoms with Gasteiger partial charge in [-0.1, -0.05) is 0 Å². The van der Waals surface area contributed by atoms with Gasteiger partial charge in [0, 0.05) is 24.7 Å². The maximum Gasteiger partial charge on any atom is 0.258 e. The summed E-state index contributed by atoms with van der Waals surface area (Å²) >= 11 is 0. The Balaban J connectivity index is 1.44. The van der Waals surface area contributed by atoms with Crippen molar-refractivity contribution in [2.24, 2.45) is 0 Å². The van der Waals surface area contributed by atoms with Crippen molar-refractivity contribution < 1.29 is 34.4 Å². The number of benzene rings is 2. The van der Waals surface area contributed by atoms with E-state index in [0.717, 1.165) is 17.9 Å². The van der Waals surface area contributed by atoms with Crippen LogP contribution in [0.15, 0.2) is 36.4 Å². The molecule has 0 spiro atoms. The van der Waals surface area contributed by atoms with Crippen LogP contribution >= 0.6 is 0 Å². The van der Waals surface area contributed by atoms with Crippen molar-refractivity contribution in [2.45, 2.75) is 25.8 Å². The number of carbonyl (C=O) groups is 2. The number of carbonyl (C=O) groups excluding carboxylic acids is 2. The van der Waals surface area contributed by atoms with Crippen LogP contribution in [0.2, 0.25) is 0 Å². The zero-order valence-electron chi connectivity index (χ0n) is 17.2. The summed E-state index contributed by atoms with van der Waals surface area (Å²) in [6, 6.07) is 9.17. The number of phenolic OH excluding ortho intramolecular Hbond substituents is 3. The molecule has 4 N–H and O–H groups in total. The number of aromatic hydroxyl groups is 3. The molecule has 1 aliphatic heterocycles. The molecule has 0 atom stereocenters. The van der Waals surface area contributed by atoms with E-state index in [4.69, 9.17) is 9.47 Å². The highest BCUT2D eigenvalue weighted by Gasteiger charge is 2.26. The van der Waals surface area contributed by atoms with E-state index in [-0.39, 0.29) is 30.0 Å². The van der Waals surface area contributed by atoms with Crippen molar-refractivity contribution in [1.29, 1.82) is 0 Å². The number of nitrogens with zero attached hydrogens (tertiary/aromatic N) is 1. The van der Waals surface area contributed by atoms with Crippen molar-refractivity contribution in [2.75, 3.05) is 26.3 Å². The second kappa shape index (κ2) is 9.92. The highest BCUT2D eigenvalue weighted by molar-refractivity contribution is 5.95. The summed E-state index contributed by atoms with van der Waals surface area (Å²) in [5, 5.41) is 31.5. The maximum absolute atomic E-state index is 12.6. The zero-order valence-corrected chi connectivity index (χ0v) is 17.2. The Labute approximate surface area is 179 Å². The highest BCUT2D eigenvalue weighted by Crippen LogP contribution is 2.35. The third-order valence-corrected chi connectivity index (χ3v) is 4.97. The number of hydrogen-bond acceptors (Lipinski definition) is 7. The number of rotatable bonds is 7. The van der Waals surface area contributed by atoms with Gasteiger partial charge in [-0.3, -0.25) is 9.59 Å². The standard InChI is InChI=1S/C22H26N2O7/c1-2-30-16-3-5-17(6-4-16)31-13-20(27)23-15-7-9-24(10-8-15)22(29)14-11-18(25)21(28)19(26)12-14/h3-6,11-12,15,25-26,28H,2,7-10,13H2,1H3,(H,23,27). The number of amides is 2. The summed E-state index contributed by atoms with van der Waals surface area (Å²) in [5.74, 6) is -1.08. The SMILES string of the molecule is CCOc1ccc(OCC(=O)NC2CCN(C(=O)c3cc(O)c(O)c(O)c3)CC2)cc1. The van der Waals surface area contributed by atoms with E-state index < -0.39 is 17.2 Å². The lowest BCUT2D eigenvalue weighted by Gasteiger charge is -2.32. The molecule has 9 nitrogen and oxygen atoms in total. The molecular weight excluding hydrogens is 404 g/mol. The van der Waals surface area contributed by atoms with E-state index in [9.17, 15) is 24.9 Å². The minimum absolute atomic E-state index is 0.0814. The van der Waals surface area contributed by atoms with Crippen LogP contribution < -0.4 is 14.8 Å². The van der Waals surface area contributed by atoms with E-state index in [0.29, 0.717) is 38.3 Å². The largest absolute Gasteiger partial charge is 0.504 e. The first kappa shape index (κ1) is 22.1. The molecule has 2 aromatic rings. The molecule has 0 aliphatic carbocycles. The van der Waals surface area contributed by atoms with Gasteiger partial charge in [-0.2, -0.15) is 0 Å². The quantitative estimate of drug-likeness (QED) is 0.495. The molecule has 2 aromatic carbocycles. The molecule has 0 saturated carbocycles. The van der Waals surface area contributed by atoms with E-state index >= 15 is 0 Å². The van der Waals surface area contributed by atoms with Crippen molar-refractivity contribution in [3.63, 3.8) is 0 Å². The van der Waals surface area contributed by atoms with Gasteiger partial charge in [-0.25, -0.2) is 0 Å². The molecule has 9 heteroatoms. The molecule has 0 unspecified atom stereocenters. The van der Waals surface area contributed by atoms with Crippen molar-refractivity contribution in [1.82, 2.24) is 10.2 Å². The average Bonchev–Trinajstić information content (AvgIpc) is 2.77. The van der Waals surface area contributed by atoms with E-state index in [1.54, 1.807) is 29.2 Å². The Hall–Kier alpha value is -3.62. The van der Waals surface area contributed by atoms with Crippen molar-refractivity contribution in [3.8, 4) is 28.7 Å². The fourth-order valence-electron chi connectivity index (χ4n) is 3.35. The second-order valence-corrected chi connectivity index (χ2v) is 7.19. The Morgan fingerprint density at radius 3 is 2.10 bits per heavy atom. The third kappa shape index (κ3) is 5.71. The van der Waals surface area contributed by atoms with Crippen LogP contribution in [0.5, 0.6) is 28.7 Å². The Morgan fingerprint density at radius 2 is 1.55 bits per heavy atom. The van der Waals surface area contributed by atoms with Gasteiger partial charge < -0.3 is 35.0 Å². The Morgan fingerprint density at radius 1 is 1.00 bits per heavy atom. The molecule has 0 radical (unpaired) electrons. The van der Waals surface area contributed by atoms with Gasteiger partial charge >= 0.3 is 0 Å². The van der Waals surface area contributed by atoms with E-state index in [1.165, 1.54) is 0 Å². The lowest BCUT2D eigenvalue weighted by Crippen LogP contribution is -2.47. The molecule has 31 heavy (non-hydrogen) atoms. The van der Waals surface area contributed by atoms with Crippen molar-refractivity contribution in [3.05, 3.63) is 42.0 Å². The predicted octanol–water partition coefficient (Wildman–Crippen LogP) is 2.00. The lowest BCUT2D eigenvalue weighted by molar-refractivity contribution is -0.124. The molecular formula is C22H26N2O7. The Kier molecular flexibility index (Phi) is 7.07. The molecule has 0 bridgehead atoms. The van der Waals surface area contributed by atoms with Crippen LogP contribution in [0.4, 0.5) is 0 Å². The molecule has 3 rings (SSSR count). The normalized spacial score (nSPS) is 14.2. The molecule has 1 saturated heterocycles. The lowest BCUT2D eigenvalue weighted by atomic mass is 10.0. The summed E-state index contributed by atoms with van der Waals surface area (Å²) < 4.78 is 10.9. The number of likely N-dealkylation sites (tertiary alicyclic amines) is 1. The number of phenols is 3. The van der Waals surface area contributed by atoms with Crippen LogP contribution in [0.25, 0.3) is 0 Å². The van der Waals surface area contributed by atoms with Gasteiger partial charge in [0.1, 0.15) is 11.5 Å². The Bertz CT molecular complexity index is 899. The maximum atomic E-state index is 12.6. The fraction of sp³-hybridized carbons (Fsp3) is 0.364. The summed E-state index contributed by atoms with van der Waals surface area (Å²) in [6.45, 7) is 3.18. The smallest absolute Gasteiger partial charge is 0.258 e. The van der Waals surface area contributed by atoms with E-state index in [1.807, 2.05) is 6.92 Å². The summed E-state index contributed by atoms with van der Waals surface area (Å²) in [4.78, 5) is 26.3. The number of ether oxygens (including phenoxy) is 2. The van der Waals surface area contributed by atoms with Gasteiger partial charge in [0.25, 0.3) is 11.8 Å². The van der Waals surface area contributed by atoms with Gasteiger partial charge in [-0.15, -0.1) is 0 Å². The average molecular weight is 430 g/mol. The van der Waals surface area contributed by atoms with Gasteiger partial charge in [0.2, 0.25) is 0 Å². The number of piperidine rings is 1. The van der Waals surface area contributed by atoms with Crippen LogP contribution in [0.1, 0.15) is 30.1 Å². The zero-order chi connectivity index (χ0) is 22.4. The first-order valence-electron chi connectivity index (χ1n) is 10.1. The minimum atomic E-state index is -0.662. The number of hydrogen-bond donors (Lipinski definition) is 4. The van der Waals surface area contributed by atoms with E-state index in [2.05, 4.69) is 5.32 Å². The first-order chi connectivity index (χ1) is 14.9. The van der Waals surface area contributed by atoms with Crippen LogP contribution in [0, 0.1) is 0 Å².